The number of carbonyl (C=O) groups is 4. The summed E-state index contributed by atoms with van der Waals surface area (Å²) in [5.41, 5.74) is -2.52. The number of hydrogen-bond donors (Lipinski definition) is 0. The van der Waals surface area contributed by atoms with Crippen molar-refractivity contribution in [3.05, 3.63) is 36.4 Å². The zero-order valence-corrected chi connectivity index (χ0v) is 25.7. The van der Waals surface area contributed by atoms with E-state index in [4.69, 9.17) is 18.9 Å². The van der Waals surface area contributed by atoms with Crippen molar-refractivity contribution in [1.82, 2.24) is 0 Å². The summed E-state index contributed by atoms with van der Waals surface area (Å²) in [7, 11) is 0. The van der Waals surface area contributed by atoms with Gasteiger partial charge in [-0.1, -0.05) is 12.1 Å². The van der Waals surface area contributed by atoms with E-state index in [2.05, 4.69) is 0 Å². The SMILES string of the molecule is CC(C)(C)C(=O)Oc1cc(OC(=O)C(C)(C)C)cc(-c2cccc(OC(=O)C(C)(C)C)c2OC(=O)C(C)(C)C)c1. The smallest absolute Gasteiger partial charge is 0.316 e. The quantitative estimate of drug-likeness (QED) is 0.283. The van der Waals surface area contributed by atoms with Crippen LogP contribution in [0.5, 0.6) is 23.0 Å². The first-order valence-corrected chi connectivity index (χ1v) is 13.2. The molecule has 0 unspecified atom stereocenters. The fourth-order valence-electron chi connectivity index (χ4n) is 2.79. The molecular weight excluding hydrogens is 512 g/mol. The molecule has 8 heteroatoms. The molecule has 0 heterocycles. The Bertz CT molecular complexity index is 1250. The lowest BCUT2D eigenvalue weighted by Gasteiger charge is -2.23. The van der Waals surface area contributed by atoms with E-state index in [1.807, 2.05) is 0 Å². The van der Waals surface area contributed by atoms with Crippen LogP contribution in [0.4, 0.5) is 0 Å². The fraction of sp³-hybridized carbons (Fsp3) is 0.500. The minimum atomic E-state index is -0.865. The highest BCUT2D eigenvalue weighted by molar-refractivity contribution is 5.87. The molecule has 0 saturated carbocycles. The second-order valence-electron chi connectivity index (χ2n) is 13.9. The lowest BCUT2D eigenvalue weighted by Crippen LogP contribution is -2.28. The van der Waals surface area contributed by atoms with Crippen LogP contribution < -0.4 is 18.9 Å². The number of benzene rings is 2. The third-order valence-corrected chi connectivity index (χ3v) is 5.44. The summed E-state index contributed by atoms with van der Waals surface area (Å²) in [6.45, 7) is 20.6. The zero-order chi connectivity index (χ0) is 30.8. The van der Waals surface area contributed by atoms with Crippen LogP contribution in [0.1, 0.15) is 83.1 Å². The van der Waals surface area contributed by atoms with Gasteiger partial charge in [-0.25, -0.2) is 0 Å². The molecule has 0 spiro atoms. The third kappa shape index (κ3) is 8.66. The van der Waals surface area contributed by atoms with Crippen molar-refractivity contribution in [2.45, 2.75) is 83.1 Å². The molecule has 0 atom stereocenters. The molecule has 0 aromatic heterocycles. The summed E-state index contributed by atoms with van der Waals surface area (Å²) in [6.07, 6.45) is 0. The maximum Gasteiger partial charge on any atom is 0.316 e. The second-order valence-corrected chi connectivity index (χ2v) is 13.9. The van der Waals surface area contributed by atoms with Crippen molar-refractivity contribution in [3.63, 3.8) is 0 Å². The highest BCUT2D eigenvalue weighted by atomic mass is 16.6. The first-order chi connectivity index (χ1) is 18.0. The molecule has 8 nitrogen and oxygen atoms in total. The van der Waals surface area contributed by atoms with Gasteiger partial charge in [-0.15, -0.1) is 0 Å². The molecule has 0 aliphatic heterocycles. The van der Waals surface area contributed by atoms with E-state index in [0.29, 0.717) is 11.1 Å². The van der Waals surface area contributed by atoms with E-state index >= 15 is 0 Å². The van der Waals surface area contributed by atoms with Crippen LogP contribution in [-0.2, 0) is 19.2 Å². The molecule has 2 aromatic rings. The third-order valence-electron chi connectivity index (χ3n) is 5.44. The van der Waals surface area contributed by atoms with Gasteiger partial charge in [-0.3, -0.25) is 19.2 Å². The van der Waals surface area contributed by atoms with Crippen LogP contribution in [0.15, 0.2) is 36.4 Å². The van der Waals surface area contributed by atoms with Crippen molar-refractivity contribution < 1.29 is 38.1 Å². The molecule has 0 fully saturated rings. The highest BCUT2D eigenvalue weighted by Gasteiger charge is 2.31. The number of hydrogen-bond acceptors (Lipinski definition) is 8. The Balaban J connectivity index is 2.79. The maximum atomic E-state index is 13.0. The molecule has 0 aliphatic rings. The number of carbonyl (C=O) groups excluding carboxylic acids is 4. The van der Waals surface area contributed by atoms with E-state index in [-0.39, 0.29) is 23.0 Å². The van der Waals surface area contributed by atoms with Gasteiger partial charge in [0.15, 0.2) is 11.5 Å². The van der Waals surface area contributed by atoms with E-state index < -0.39 is 45.5 Å². The molecule has 2 aromatic carbocycles. The molecule has 0 amide bonds. The maximum absolute atomic E-state index is 13.0. The molecule has 0 radical (unpaired) electrons. The summed E-state index contributed by atoms with van der Waals surface area (Å²) in [6, 6.07) is 9.42. The summed E-state index contributed by atoms with van der Waals surface area (Å²) in [5, 5.41) is 0. The average molecular weight is 555 g/mol. The van der Waals surface area contributed by atoms with E-state index in [1.54, 1.807) is 107 Å². The van der Waals surface area contributed by atoms with Gasteiger partial charge in [0.1, 0.15) is 11.5 Å². The normalized spacial score (nSPS) is 12.4. The Kier molecular flexibility index (Phi) is 9.30. The van der Waals surface area contributed by atoms with Gasteiger partial charge in [0.25, 0.3) is 0 Å². The molecule has 0 bridgehead atoms. The monoisotopic (exact) mass is 554 g/mol. The van der Waals surface area contributed by atoms with Crippen LogP contribution in [0, 0.1) is 21.7 Å². The van der Waals surface area contributed by atoms with E-state index in [9.17, 15) is 19.2 Å². The summed E-state index contributed by atoms with van der Waals surface area (Å²) in [4.78, 5) is 51.2. The summed E-state index contributed by atoms with van der Waals surface area (Å²) < 4.78 is 22.8. The predicted molar refractivity (Wildman–Crippen MR) is 152 cm³/mol. The molecule has 0 aliphatic carbocycles. The van der Waals surface area contributed by atoms with Crippen LogP contribution >= 0.6 is 0 Å². The van der Waals surface area contributed by atoms with Crippen LogP contribution in [0.3, 0.4) is 0 Å². The molecule has 40 heavy (non-hydrogen) atoms. The fourth-order valence-corrected chi connectivity index (χ4v) is 2.79. The minimum Gasteiger partial charge on any atom is -0.426 e. The van der Waals surface area contributed by atoms with Gasteiger partial charge >= 0.3 is 23.9 Å². The van der Waals surface area contributed by atoms with Gasteiger partial charge < -0.3 is 18.9 Å². The van der Waals surface area contributed by atoms with Gasteiger partial charge in [0, 0.05) is 11.6 Å². The molecular formula is C32H42O8. The zero-order valence-electron chi connectivity index (χ0n) is 25.7. The number of rotatable bonds is 5. The number of ether oxygens (including phenoxy) is 4. The van der Waals surface area contributed by atoms with Gasteiger partial charge in [-0.05, 0) is 107 Å². The van der Waals surface area contributed by atoms with Crippen LogP contribution in [0.25, 0.3) is 11.1 Å². The Morgan fingerprint density at radius 1 is 0.500 bits per heavy atom. The molecule has 218 valence electrons. The van der Waals surface area contributed by atoms with Gasteiger partial charge in [-0.2, -0.15) is 0 Å². The van der Waals surface area contributed by atoms with Crippen LogP contribution in [0.2, 0.25) is 0 Å². The van der Waals surface area contributed by atoms with Gasteiger partial charge in [0.2, 0.25) is 0 Å². The van der Waals surface area contributed by atoms with Crippen molar-refractivity contribution in [1.29, 1.82) is 0 Å². The topological polar surface area (TPSA) is 105 Å². The predicted octanol–water partition coefficient (Wildman–Crippen LogP) is 7.16. The van der Waals surface area contributed by atoms with Crippen molar-refractivity contribution in [2.24, 2.45) is 21.7 Å². The summed E-state index contributed by atoms with van der Waals surface area (Å²) >= 11 is 0. The average Bonchev–Trinajstić information content (AvgIpc) is 2.77. The van der Waals surface area contributed by atoms with Crippen molar-refractivity contribution >= 4 is 23.9 Å². The number of para-hydroxylation sites is 1. The highest BCUT2D eigenvalue weighted by Crippen LogP contribution is 2.43. The Labute approximate surface area is 237 Å². The van der Waals surface area contributed by atoms with Crippen molar-refractivity contribution in [2.75, 3.05) is 0 Å². The lowest BCUT2D eigenvalue weighted by atomic mass is 9.96. The second kappa shape index (κ2) is 11.4. The minimum absolute atomic E-state index is 0.00687. The standard InChI is InChI=1S/C32H42O8/c1-29(2,3)25(33)37-20-16-19(17-21(18-20)38-26(34)30(4,5)6)22-14-13-15-23(39-27(35)31(7,8)9)24(22)40-28(36)32(10,11)12/h13-18H,1-12H3. The van der Waals surface area contributed by atoms with E-state index in [1.165, 1.54) is 12.1 Å². The first-order valence-electron chi connectivity index (χ1n) is 13.2. The van der Waals surface area contributed by atoms with E-state index in [0.717, 1.165) is 0 Å². The molecule has 0 saturated heterocycles. The Hall–Kier alpha value is -3.68. The molecule has 0 N–H and O–H groups in total. The summed E-state index contributed by atoms with van der Waals surface area (Å²) in [5.74, 6) is -1.77. The van der Waals surface area contributed by atoms with Crippen LogP contribution in [-0.4, -0.2) is 23.9 Å². The Morgan fingerprint density at radius 2 is 0.875 bits per heavy atom. The first kappa shape index (κ1) is 32.5. The largest absolute Gasteiger partial charge is 0.426 e. The van der Waals surface area contributed by atoms with Gasteiger partial charge in [0.05, 0.1) is 21.7 Å². The van der Waals surface area contributed by atoms with Crippen molar-refractivity contribution in [3.8, 4) is 34.1 Å². The Morgan fingerprint density at radius 3 is 1.27 bits per heavy atom. The number of esters is 4. The molecule has 2 rings (SSSR count). The lowest BCUT2D eigenvalue weighted by molar-refractivity contribution is -0.145.